The van der Waals surface area contributed by atoms with Crippen molar-refractivity contribution in [1.29, 1.82) is 0 Å². The molecule has 71 valence electrons. The third-order valence-corrected chi connectivity index (χ3v) is 2.16. The van der Waals surface area contributed by atoms with Crippen LogP contribution in [0.5, 0.6) is 0 Å². The Labute approximate surface area is 74.7 Å². The molecule has 1 rings (SSSR count). The van der Waals surface area contributed by atoms with Crippen molar-refractivity contribution in [2.75, 3.05) is 13.2 Å². The lowest BCUT2D eigenvalue weighted by Gasteiger charge is -2.27. The molecule has 1 saturated heterocycles. The lowest BCUT2D eigenvalue weighted by Crippen LogP contribution is -2.45. The summed E-state index contributed by atoms with van der Waals surface area (Å²) in [7, 11) is 0. The number of hydrogen-bond acceptors (Lipinski definition) is 3. The molecule has 1 unspecified atom stereocenters. The fourth-order valence-electron chi connectivity index (χ4n) is 1.19. The van der Waals surface area contributed by atoms with E-state index in [2.05, 4.69) is 12.2 Å². The minimum absolute atomic E-state index is 0.322. The summed E-state index contributed by atoms with van der Waals surface area (Å²) >= 11 is 0. The number of nitrogens with two attached hydrogens (primary N) is 1. The van der Waals surface area contributed by atoms with Crippen LogP contribution in [0.1, 0.15) is 27.2 Å². The molecule has 0 amide bonds. The zero-order chi connectivity index (χ0) is 9.19. The summed E-state index contributed by atoms with van der Waals surface area (Å²) in [6.07, 6.45) is 2.02. The predicted molar refractivity (Wildman–Crippen MR) is 49.5 cm³/mol. The van der Waals surface area contributed by atoms with Crippen LogP contribution in [-0.4, -0.2) is 24.7 Å². The first-order valence-corrected chi connectivity index (χ1v) is 4.51. The normalized spacial score (nSPS) is 28.5. The van der Waals surface area contributed by atoms with Crippen molar-refractivity contribution >= 4 is 0 Å². The van der Waals surface area contributed by atoms with Crippen molar-refractivity contribution in [2.24, 2.45) is 5.73 Å². The Balaban J connectivity index is 2.46. The second-order valence-electron chi connectivity index (χ2n) is 4.06. The highest BCUT2D eigenvalue weighted by Crippen LogP contribution is 2.19. The van der Waals surface area contributed by atoms with Crippen molar-refractivity contribution < 1.29 is 4.74 Å². The largest absolute Gasteiger partial charge is 0.369 e. The number of ether oxygens (including phenoxy) is 1. The molecule has 3 N–H and O–H groups in total. The van der Waals surface area contributed by atoms with Crippen LogP contribution in [0.3, 0.4) is 0 Å². The molecule has 1 fully saturated rings. The van der Waals surface area contributed by atoms with E-state index in [9.17, 15) is 0 Å². The standard InChI is InChI=1S/C9H19N2O/c1-7-4-5-12-8(6-11-7)9(2,3)10/h7,11H,4-6,10H2,1-3H3. The van der Waals surface area contributed by atoms with Crippen LogP contribution in [0.4, 0.5) is 0 Å². The van der Waals surface area contributed by atoms with Gasteiger partial charge in [-0.05, 0) is 27.2 Å². The van der Waals surface area contributed by atoms with Crippen LogP contribution in [0.25, 0.3) is 0 Å². The van der Waals surface area contributed by atoms with Crippen LogP contribution in [0.2, 0.25) is 0 Å². The molecule has 0 aliphatic carbocycles. The number of rotatable bonds is 1. The fraction of sp³-hybridized carbons (Fsp3) is 0.889. The summed E-state index contributed by atoms with van der Waals surface area (Å²) in [5.41, 5.74) is 5.60. The van der Waals surface area contributed by atoms with E-state index >= 15 is 0 Å². The van der Waals surface area contributed by atoms with Gasteiger partial charge in [0.1, 0.15) is 6.10 Å². The molecule has 1 aliphatic heterocycles. The zero-order valence-electron chi connectivity index (χ0n) is 8.18. The molecular weight excluding hydrogens is 152 g/mol. The number of hydrogen-bond donors (Lipinski definition) is 2. The Hall–Kier alpha value is -0.120. The molecule has 0 aromatic heterocycles. The van der Waals surface area contributed by atoms with E-state index < -0.39 is 0 Å². The van der Waals surface area contributed by atoms with Gasteiger partial charge in [-0.1, -0.05) is 0 Å². The highest BCUT2D eigenvalue weighted by molar-refractivity contribution is 5.02. The van der Waals surface area contributed by atoms with E-state index in [-0.39, 0.29) is 5.54 Å². The molecule has 1 atom stereocenters. The van der Waals surface area contributed by atoms with Crippen molar-refractivity contribution in [2.45, 2.75) is 38.8 Å². The van der Waals surface area contributed by atoms with Crippen LogP contribution < -0.4 is 11.1 Å². The van der Waals surface area contributed by atoms with Gasteiger partial charge in [0, 0.05) is 24.7 Å². The van der Waals surface area contributed by atoms with Crippen LogP contribution >= 0.6 is 0 Å². The Morgan fingerprint density at radius 2 is 2.25 bits per heavy atom. The Bertz CT molecular complexity index is 142. The molecule has 1 aliphatic rings. The van der Waals surface area contributed by atoms with E-state index in [1.165, 1.54) is 0 Å². The highest BCUT2D eigenvalue weighted by atomic mass is 16.5. The first kappa shape index (κ1) is 9.96. The Kier molecular flexibility index (Phi) is 3.09. The van der Waals surface area contributed by atoms with Crippen LogP contribution in [0, 0.1) is 6.10 Å². The molecule has 0 bridgehead atoms. The second kappa shape index (κ2) is 3.73. The van der Waals surface area contributed by atoms with Gasteiger partial charge >= 0.3 is 0 Å². The third-order valence-electron chi connectivity index (χ3n) is 2.16. The molecule has 0 spiro atoms. The van der Waals surface area contributed by atoms with Gasteiger partial charge in [-0.3, -0.25) is 0 Å². The van der Waals surface area contributed by atoms with E-state index in [0.29, 0.717) is 6.04 Å². The average Bonchev–Trinajstić information content (AvgIpc) is 2.11. The minimum atomic E-state index is -0.322. The highest BCUT2D eigenvalue weighted by Gasteiger charge is 2.29. The summed E-state index contributed by atoms with van der Waals surface area (Å²) in [4.78, 5) is 0. The lowest BCUT2D eigenvalue weighted by molar-refractivity contribution is 0.110. The molecule has 3 nitrogen and oxygen atoms in total. The minimum Gasteiger partial charge on any atom is -0.369 e. The molecule has 0 aromatic rings. The van der Waals surface area contributed by atoms with Gasteiger partial charge in [0.25, 0.3) is 0 Å². The van der Waals surface area contributed by atoms with Crippen molar-refractivity contribution in [1.82, 2.24) is 5.32 Å². The summed E-state index contributed by atoms with van der Waals surface area (Å²) < 4.78 is 5.57. The summed E-state index contributed by atoms with van der Waals surface area (Å²) in [6.45, 7) is 7.67. The topological polar surface area (TPSA) is 47.3 Å². The zero-order valence-corrected chi connectivity index (χ0v) is 8.18. The third kappa shape index (κ3) is 2.73. The van der Waals surface area contributed by atoms with E-state index in [1.54, 1.807) is 0 Å². The van der Waals surface area contributed by atoms with Crippen LogP contribution in [0.15, 0.2) is 0 Å². The van der Waals surface area contributed by atoms with Crippen molar-refractivity contribution in [3.63, 3.8) is 0 Å². The first-order valence-electron chi connectivity index (χ1n) is 4.51. The molecule has 3 heteroatoms. The summed E-state index contributed by atoms with van der Waals surface area (Å²) in [5, 5.41) is 3.36. The Morgan fingerprint density at radius 3 is 2.83 bits per heavy atom. The van der Waals surface area contributed by atoms with E-state index in [1.807, 2.05) is 13.8 Å². The molecule has 1 heterocycles. The van der Waals surface area contributed by atoms with Crippen molar-refractivity contribution in [3.8, 4) is 0 Å². The quantitative estimate of drug-likeness (QED) is 0.609. The van der Waals surface area contributed by atoms with E-state index in [0.717, 1.165) is 25.7 Å². The summed E-state index contributed by atoms with van der Waals surface area (Å²) in [6, 6.07) is 0.532. The molecular formula is C9H19N2O. The van der Waals surface area contributed by atoms with E-state index in [4.69, 9.17) is 10.5 Å². The van der Waals surface area contributed by atoms with Gasteiger partial charge in [0.05, 0.1) is 0 Å². The van der Waals surface area contributed by atoms with Gasteiger partial charge in [0.15, 0.2) is 0 Å². The summed E-state index contributed by atoms with van der Waals surface area (Å²) in [5.74, 6) is 0. The molecule has 12 heavy (non-hydrogen) atoms. The SMILES string of the molecule is CC1CCO[C](C(C)(C)N)CN1. The van der Waals surface area contributed by atoms with Gasteiger partial charge in [-0.15, -0.1) is 0 Å². The van der Waals surface area contributed by atoms with Gasteiger partial charge in [0.2, 0.25) is 0 Å². The van der Waals surface area contributed by atoms with Crippen molar-refractivity contribution in [3.05, 3.63) is 6.10 Å². The second-order valence-corrected chi connectivity index (χ2v) is 4.06. The maximum absolute atomic E-state index is 5.92. The molecule has 0 saturated carbocycles. The maximum atomic E-state index is 5.92. The molecule has 0 aromatic carbocycles. The smallest absolute Gasteiger partial charge is 0.130 e. The Morgan fingerprint density at radius 1 is 1.58 bits per heavy atom. The maximum Gasteiger partial charge on any atom is 0.130 e. The van der Waals surface area contributed by atoms with Crippen LogP contribution in [-0.2, 0) is 4.74 Å². The van der Waals surface area contributed by atoms with Gasteiger partial charge < -0.3 is 15.8 Å². The first-order chi connectivity index (χ1) is 5.50. The average molecular weight is 171 g/mol. The number of nitrogens with one attached hydrogen (secondary N) is 1. The monoisotopic (exact) mass is 171 g/mol. The van der Waals surface area contributed by atoms with Gasteiger partial charge in [-0.2, -0.15) is 0 Å². The fourth-order valence-corrected chi connectivity index (χ4v) is 1.19. The van der Waals surface area contributed by atoms with Gasteiger partial charge in [-0.25, -0.2) is 0 Å². The molecule has 1 radical (unpaired) electrons. The predicted octanol–water partition coefficient (Wildman–Crippen LogP) is 0.654. The lowest BCUT2D eigenvalue weighted by atomic mass is 9.99.